The molecular weight excluding hydrogens is 398 g/mol. The van der Waals surface area contributed by atoms with Gasteiger partial charge < -0.3 is 20.8 Å². The van der Waals surface area contributed by atoms with Crippen molar-refractivity contribution in [2.24, 2.45) is 0 Å². The minimum Gasteiger partial charge on any atom is -0.480 e. The van der Waals surface area contributed by atoms with Crippen molar-refractivity contribution in [1.29, 1.82) is 0 Å². The lowest BCUT2D eigenvalue weighted by Crippen LogP contribution is -2.43. The van der Waals surface area contributed by atoms with Crippen LogP contribution in [0.15, 0.2) is 48.5 Å². The molecule has 0 radical (unpaired) electrons. The molecule has 1 amide bonds. The van der Waals surface area contributed by atoms with E-state index in [-0.39, 0.29) is 17.9 Å². The first kappa shape index (κ1) is 20.8. The van der Waals surface area contributed by atoms with Crippen LogP contribution in [0.3, 0.4) is 0 Å². The Labute approximate surface area is 178 Å². The molecule has 1 aromatic heterocycles. The Balaban J connectivity index is 1.72. The molecule has 0 bridgehead atoms. The van der Waals surface area contributed by atoms with E-state index in [4.69, 9.17) is 10.2 Å². The second-order valence-corrected chi connectivity index (χ2v) is 7.52. The zero-order valence-electron chi connectivity index (χ0n) is 16.8. The highest BCUT2D eigenvalue weighted by Crippen LogP contribution is 2.30. The van der Waals surface area contributed by atoms with Gasteiger partial charge in [0.25, 0.3) is 5.91 Å². The number of rotatable bonds is 6. The van der Waals surface area contributed by atoms with E-state index in [1.807, 2.05) is 30.3 Å². The number of hydrogen-bond acceptors (Lipinski definition) is 5. The largest absolute Gasteiger partial charge is 0.480 e. The van der Waals surface area contributed by atoms with Gasteiger partial charge in [-0.2, -0.15) is 0 Å². The summed E-state index contributed by atoms with van der Waals surface area (Å²) in [4.78, 5) is 36.8. The van der Waals surface area contributed by atoms with Crippen LogP contribution >= 0.6 is 0 Å². The Hall–Kier alpha value is -3.49. The average Bonchev–Trinajstić information content (AvgIpc) is 3.11. The quantitative estimate of drug-likeness (QED) is 0.477. The molecule has 1 atom stereocenters. The fraction of sp³-hybridized carbons (Fsp3) is 0.261. The number of nitrogens with one attached hydrogen (secondary N) is 2. The first-order valence-electron chi connectivity index (χ1n) is 10.1. The SMILES string of the molecule is O=C(NC(CO)C(=O)O)c1ccc2c(c1)c1c(n2C(=O)Cc2ccccc2)CNCC1. The Kier molecular flexibility index (Phi) is 5.83. The monoisotopic (exact) mass is 421 g/mol. The van der Waals surface area contributed by atoms with Crippen LogP contribution in [0, 0.1) is 0 Å². The molecule has 0 spiro atoms. The van der Waals surface area contributed by atoms with Crippen LogP contribution in [0.5, 0.6) is 0 Å². The number of aliphatic hydroxyl groups excluding tert-OH is 1. The highest BCUT2D eigenvalue weighted by molar-refractivity contribution is 6.03. The Bertz CT molecular complexity index is 1150. The van der Waals surface area contributed by atoms with Crippen LogP contribution in [-0.2, 0) is 24.2 Å². The summed E-state index contributed by atoms with van der Waals surface area (Å²) in [7, 11) is 0. The summed E-state index contributed by atoms with van der Waals surface area (Å²) in [5.74, 6) is -1.95. The lowest BCUT2D eigenvalue weighted by atomic mass is 10.0. The third-order valence-electron chi connectivity index (χ3n) is 5.52. The van der Waals surface area contributed by atoms with Crippen molar-refractivity contribution in [2.45, 2.75) is 25.4 Å². The number of aromatic nitrogens is 1. The van der Waals surface area contributed by atoms with E-state index in [9.17, 15) is 14.4 Å². The predicted octanol–water partition coefficient (Wildman–Crippen LogP) is 1.35. The number of carboxylic acids is 1. The van der Waals surface area contributed by atoms with Gasteiger partial charge in [-0.25, -0.2) is 4.79 Å². The lowest BCUT2D eigenvalue weighted by molar-refractivity contribution is -0.140. The van der Waals surface area contributed by atoms with Gasteiger partial charge >= 0.3 is 5.97 Å². The number of aliphatic carboxylic acids is 1. The molecule has 2 aromatic carbocycles. The van der Waals surface area contributed by atoms with Crippen LogP contribution in [0.4, 0.5) is 0 Å². The second-order valence-electron chi connectivity index (χ2n) is 7.52. The summed E-state index contributed by atoms with van der Waals surface area (Å²) in [6, 6.07) is 13.1. The van der Waals surface area contributed by atoms with Crippen molar-refractivity contribution in [3.63, 3.8) is 0 Å². The van der Waals surface area contributed by atoms with Gasteiger partial charge in [-0.3, -0.25) is 14.2 Å². The molecule has 0 saturated heterocycles. The lowest BCUT2D eigenvalue weighted by Gasteiger charge is -2.16. The number of benzene rings is 2. The number of carbonyl (C=O) groups is 3. The highest BCUT2D eigenvalue weighted by atomic mass is 16.4. The van der Waals surface area contributed by atoms with Crippen LogP contribution in [0.1, 0.15) is 32.0 Å². The van der Waals surface area contributed by atoms with Gasteiger partial charge in [-0.15, -0.1) is 0 Å². The van der Waals surface area contributed by atoms with Gasteiger partial charge in [0, 0.05) is 23.2 Å². The summed E-state index contributed by atoms with van der Waals surface area (Å²) < 4.78 is 1.72. The molecule has 1 aliphatic heterocycles. The van der Waals surface area contributed by atoms with E-state index in [1.54, 1.807) is 22.8 Å². The number of aliphatic hydroxyl groups is 1. The molecular formula is C23H23N3O5. The van der Waals surface area contributed by atoms with Crippen molar-refractivity contribution in [2.75, 3.05) is 13.2 Å². The third kappa shape index (κ3) is 4.08. The summed E-state index contributed by atoms with van der Waals surface area (Å²) in [6.07, 6.45) is 0.979. The van der Waals surface area contributed by atoms with Crippen molar-refractivity contribution < 1.29 is 24.6 Å². The van der Waals surface area contributed by atoms with E-state index < -0.39 is 24.5 Å². The van der Waals surface area contributed by atoms with E-state index in [0.717, 1.165) is 40.7 Å². The zero-order valence-corrected chi connectivity index (χ0v) is 16.8. The third-order valence-corrected chi connectivity index (χ3v) is 5.52. The number of fused-ring (bicyclic) bond motifs is 3. The number of carbonyl (C=O) groups excluding carboxylic acids is 2. The Morgan fingerprint density at radius 3 is 2.61 bits per heavy atom. The molecule has 4 rings (SSSR count). The maximum Gasteiger partial charge on any atom is 0.328 e. The molecule has 3 aromatic rings. The van der Waals surface area contributed by atoms with Gasteiger partial charge in [-0.1, -0.05) is 30.3 Å². The van der Waals surface area contributed by atoms with E-state index in [1.165, 1.54) is 0 Å². The molecule has 0 fully saturated rings. The van der Waals surface area contributed by atoms with Crippen molar-refractivity contribution in [3.05, 3.63) is 70.9 Å². The maximum atomic E-state index is 13.2. The van der Waals surface area contributed by atoms with Crippen molar-refractivity contribution in [3.8, 4) is 0 Å². The molecule has 31 heavy (non-hydrogen) atoms. The fourth-order valence-corrected chi connectivity index (χ4v) is 4.00. The van der Waals surface area contributed by atoms with Gasteiger partial charge in [-0.05, 0) is 42.3 Å². The van der Waals surface area contributed by atoms with E-state index in [0.29, 0.717) is 6.54 Å². The van der Waals surface area contributed by atoms with Crippen LogP contribution in [0.2, 0.25) is 0 Å². The molecule has 2 heterocycles. The molecule has 1 unspecified atom stereocenters. The molecule has 0 saturated carbocycles. The first-order chi connectivity index (χ1) is 15.0. The van der Waals surface area contributed by atoms with Crippen LogP contribution in [-0.4, -0.2) is 51.8 Å². The minimum absolute atomic E-state index is 0.0513. The summed E-state index contributed by atoms with van der Waals surface area (Å²) in [6.45, 7) is 0.618. The topological polar surface area (TPSA) is 121 Å². The smallest absolute Gasteiger partial charge is 0.328 e. The molecule has 8 nitrogen and oxygen atoms in total. The van der Waals surface area contributed by atoms with Gasteiger partial charge in [0.05, 0.1) is 18.5 Å². The Morgan fingerprint density at radius 2 is 1.90 bits per heavy atom. The van der Waals surface area contributed by atoms with Crippen molar-refractivity contribution >= 4 is 28.7 Å². The van der Waals surface area contributed by atoms with Gasteiger partial charge in [0.2, 0.25) is 5.91 Å². The Morgan fingerprint density at radius 1 is 1.13 bits per heavy atom. The molecule has 4 N–H and O–H groups in total. The fourth-order valence-electron chi connectivity index (χ4n) is 4.00. The highest BCUT2D eigenvalue weighted by Gasteiger charge is 2.25. The van der Waals surface area contributed by atoms with Crippen molar-refractivity contribution in [1.82, 2.24) is 15.2 Å². The number of nitrogens with zero attached hydrogens (tertiary/aromatic N) is 1. The standard InChI is InChI=1S/C23H23N3O5/c27-13-18(23(30)31)25-22(29)15-6-7-19-17(11-15)16-8-9-24-12-20(16)26(19)21(28)10-14-4-2-1-3-5-14/h1-7,11,18,24,27H,8-10,12-13H2,(H,25,29)(H,30,31). The van der Waals surface area contributed by atoms with Gasteiger partial charge in [0.1, 0.15) is 0 Å². The molecule has 160 valence electrons. The van der Waals surface area contributed by atoms with Crippen LogP contribution < -0.4 is 10.6 Å². The number of amides is 1. The maximum absolute atomic E-state index is 13.2. The van der Waals surface area contributed by atoms with E-state index >= 15 is 0 Å². The molecule has 8 heteroatoms. The number of carboxylic acid groups (broad SMARTS) is 1. The summed E-state index contributed by atoms with van der Waals surface area (Å²) in [5.41, 5.74) is 3.83. The number of hydrogen-bond donors (Lipinski definition) is 4. The minimum atomic E-state index is -1.38. The second kappa shape index (κ2) is 8.71. The average molecular weight is 421 g/mol. The molecule has 0 aliphatic carbocycles. The normalized spacial score (nSPS) is 14.1. The van der Waals surface area contributed by atoms with Gasteiger partial charge in [0.15, 0.2) is 6.04 Å². The summed E-state index contributed by atoms with van der Waals surface area (Å²) in [5, 5.41) is 24.6. The van der Waals surface area contributed by atoms with Crippen LogP contribution in [0.25, 0.3) is 10.9 Å². The molecule has 1 aliphatic rings. The van der Waals surface area contributed by atoms with E-state index in [2.05, 4.69) is 10.6 Å². The summed E-state index contributed by atoms with van der Waals surface area (Å²) >= 11 is 0. The first-order valence-corrected chi connectivity index (χ1v) is 10.1. The predicted molar refractivity (Wildman–Crippen MR) is 114 cm³/mol. The zero-order chi connectivity index (χ0) is 22.0.